The lowest BCUT2D eigenvalue weighted by Crippen LogP contribution is -2.25. The van der Waals surface area contributed by atoms with Crippen LogP contribution in [0.3, 0.4) is 0 Å². The maximum Gasteiger partial charge on any atom is 0.251 e. The van der Waals surface area contributed by atoms with Gasteiger partial charge in [0.25, 0.3) is 5.91 Å². The van der Waals surface area contributed by atoms with Crippen LogP contribution in [0.15, 0.2) is 24.3 Å². The summed E-state index contributed by atoms with van der Waals surface area (Å²) in [5.74, 6) is 1.17. The molecule has 1 saturated carbocycles. The summed E-state index contributed by atoms with van der Waals surface area (Å²) < 4.78 is 5.13. The summed E-state index contributed by atoms with van der Waals surface area (Å²) in [7, 11) is 1.57. The Morgan fingerprint density at radius 3 is 2.83 bits per heavy atom. The van der Waals surface area contributed by atoms with Crippen LogP contribution in [0, 0.1) is 5.92 Å². The van der Waals surface area contributed by atoms with Crippen LogP contribution in [0.5, 0.6) is 5.75 Å². The monoisotopic (exact) mass is 416 g/mol. The summed E-state index contributed by atoms with van der Waals surface area (Å²) >= 11 is 1.35. The number of hydrogen-bond acceptors (Lipinski definition) is 6. The number of carbonyl (C=O) groups excluding carboxylic acids is 2. The highest BCUT2D eigenvalue weighted by atomic mass is 32.1. The van der Waals surface area contributed by atoms with Crippen molar-refractivity contribution in [1.29, 1.82) is 0 Å². The maximum absolute atomic E-state index is 12.2. The number of methoxy groups -OCH3 is 1. The zero-order valence-electron chi connectivity index (χ0n) is 16.8. The number of nitrogens with one attached hydrogen (secondary N) is 2. The molecule has 1 aliphatic rings. The number of nitrogens with zero attached hydrogens (tertiary/aromatic N) is 2. The van der Waals surface area contributed by atoms with Crippen molar-refractivity contribution in [1.82, 2.24) is 15.5 Å². The molecule has 1 aromatic carbocycles. The summed E-state index contributed by atoms with van der Waals surface area (Å²) in [6, 6.07) is 7.01. The first-order chi connectivity index (χ1) is 14.1. The van der Waals surface area contributed by atoms with Gasteiger partial charge in [-0.2, -0.15) is 0 Å². The fraction of sp³-hybridized carbons (Fsp3) is 0.524. The van der Waals surface area contributed by atoms with E-state index in [1.54, 1.807) is 31.4 Å². The fourth-order valence-corrected chi connectivity index (χ4v) is 4.30. The molecule has 2 aromatic rings. The Hall–Kier alpha value is -2.48. The lowest BCUT2D eigenvalue weighted by molar-refractivity contribution is -0.116. The van der Waals surface area contributed by atoms with Crippen LogP contribution in [0.1, 0.15) is 60.3 Å². The van der Waals surface area contributed by atoms with Gasteiger partial charge in [0.15, 0.2) is 0 Å². The molecule has 0 bridgehead atoms. The summed E-state index contributed by atoms with van der Waals surface area (Å²) in [6.07, 6.45) is 8.46. The number of rotatable bonds is 9. The van der Waals surface area contributed by atoms with Gasteiger partial charge in [0.1, 0.15) is 10.8 Å². The minimum atomic E-state index is -0.162. The Bertz CT molecular complexity index is 818. The number of benzene rings is 1. The van der Waals surface area contributed by atoms with Crippen molar-refractivity contribution in [2.75, 3.05) is 19.0 Å². The van der Waals surface area contributed by atoms with Gasteiger partial charge in [-0.25, -0.2) is 0 Å². The highest BCUT2D eigenvalue weighted by Crippen LogP contribution is 2.27. The quantitative estimate of drug-likeness (QED) is 0.648. The van der Waals surface area contributed by atoms with E-state index < -0.39 is 0 Å². The molecule has 1 aromatic heterocycles. The van der Waals surface area contributed by atoms with E-state index in [4.69, 9.17) is 4.74 Å². The number of anilines is 1. The summed E-state index contributed by atoms with van der Waals surface area (Å²) in [6.45, 7) is 0.445. The molecule has 0 unspecified atom stereocenters. The average Bonchev–Trinajstić information content (AvgIpc) is 3.20. The van der Waals surface area contributed by atoms with E-state index in [1.807, 2.05) is 0 Å². The minimum absolute atomic E-state index is 0.00426. The first-order valence-electron chi connectivity index (χ1n) is 10.2. The third-order valence-corrected chi connectivity index (χ3v) is 6.07. The van der Waals surface area contributed by atoms with Gasteiger partial charge in [-0.15, -0.1) is 10.2 Å². The number of aromatic nitrogens is 2. The van der Waals surface area contributed by atoms with Crippen molar-refractivity contribution in [3.05, 3.63) is 34.8 Å². The van der Waals surface area contributed by atoms with E-state index in [0.717, 1.165) is 11.4 Å². The van der Waals surface area contributed by atoms with Crippen molar-refractivity contribution >= 4 is 28.3 Å². The second-order valence-corrected chi connectivity index (χ2v) is 8.39. The predicted octanol–water partition coefficient (Wildman–Crippen LogP) is 3.82. The zero-order valence-corrected chi connectivity index (χ0v) is 17.6. The van der Waals surface area contributed by atoms with Gasteiger partial charge in [-0.05, 0) is 30.5 Å². The van der Waals surface area contributed by atoms with E-state index in [1.165, 1.54) is 43.4 Å². The number of hydrogen-bond donors (Lipinski definition) is 2. The van der Waals surface area contributed by atoms with E-state index in [0.29, 0.717) is 41.7 Å². The number of ether oxygens (including phenoxy) is 1. The summed E-state index contributed by atoms with van der Waals surface area (Å²) in [4.78, 5) is 24.3. The molecule has 0 spiro atoms. The van der Waals surface area contributed by atoms with Gasteiger partial charge in [0.2, 0.25) is 11.0 Å². The van der Waals surface area contributed by atoms with Crippen molar-refractivity contribution in [2.45, 2.75) is 51.4 Å². The Labute approximate surface area is 175 Å². The van der Waals surface area contributed by atoms with Gasteiger partial charge in [-0.1, -0.05) is 49.5 Å². The Morgan fingerprint density at radius 1 is 1.21 bits per heavy atom. The van der Waals surface area contributed by atoms with Crippen LogP contribution in [0.4, 0.5) is 5.13 Å². The van der Waals surface area contributed by atoms with Crippen molar-refractivity contribution in [3.63, 3.8) is 0 Å². The Kier molecular flexibility index (Phi) is 7.98. The molecule has 1 fully saturated rings. The normalized spacial score (nSPS) is 14.4. The molecular formula is C21H28N4O3S. The molecule has 1 heterocycles. The van der Waals surface area contributed by atoms with Crippen molar-refractivity contribution in [3.8, 4) is 5.75 Å². The molecule has 2 N–H and O–H groups in total. The molecule has 156 valence electrons. The smallest absolute Gasteiger partial charge is 0.251 e. The number of carbonyl (C=O) groups is 2. The largest absolute Gasteiger partial charge is 0.497 e. The highest BCUT2D eigenvalue weighted by Gasteiger charge is 2.16. The second-order valence-electron chi connectivity index (χ2n) is 7.33. The third kappa shape index (κ3) is 6.81. The third-order valence-electron chi connectivity index (χ3n) is 5.17. The lowest BCUT2D eigenvalue weighted by atomic mass is 9.86. The topological polar surface area (TPSA) is 93.2 Å². The van der Waals surface area contributed by atoms with Crippen LogP contribution in [0.2, 0.25) is 0 Å². The predicted molar refractivity (Wildman–Crippen MR) is 113 cm³/mol. The van der Waals surface area contributed by atoms with E-state index >= 15 is 0 Å². The van der Waals surface area contributed by atoms with Crippen LogP contribution < -0.4 is 15.4 Å². The summed E-state index contributed by atoms with van der Waals surface area (Å²) in [5.41, 5.74) is 0.549. The second kappa shape index (κ2) is 10.9. The Morgan fingerprint density at radius 2 is 2.03 bits per heavy atom. The molecule has 0 saturated heterocycles. The fourth-order valence-electron chi connectivity index (χ4n) is 3.55. The molecule has 0 radical (unpaired) electrons. The van der Waals surface area contributed by atoms with Crippen LogP contribution in [0.25, 0.3) is 0 Å². The van der Waals surface area contributed by atoms with E-state index in [9.17, 15) is 9.59 Å². The molecule has 1 aliphatic carbocycles. The highest BCUT2D eigenvalue weighted by molar-refractivity contribution is 7.15. The average molecular weight is 417 g/mol. The van der Waals surface area contributed by atoms with Crippen molar-refractivity contribution < 1.29 is 14.3 Å². The van der Waals surface area contributed by atoms with Crippen LogP contribution >= 0.6 is 11.3 Å². The van der Waals surface area contributed by atoms with Gasteiger partial charge in [-0.3, -0.25) is 9.59 Å². The molecule has 8 heteroatoms. The maximum atomic E-state index is 12.2. The first kappa shape index (κ1) is 21.2. The van der Waals surface area contributed by atoms with Crippen LogP contribution in [-0.2, 0) is 11.2 Å². The standard InChI is InChI=1S/C21H28N4O3S/c1-28-17-9-5-8-16(14-17)20(27)22-13-12-19-24-25-21(29-19)23-18(26)11-10-15-6-3-2-4-7-15/h5,8-9,14-15H,2-4,6-7,10-13H2,1H3,(H,22,27)(H,23,25,26). The lowest BCUT2D eigenvalue weighted by Gasteiger charge is -2.20. The van der Waals surface area contributed by atoms with E-state index in [-0.39, 0.29) is 11.8 Å². The molecule has 0 atom stereocenters. The summed E-state index contributed by atoms with van der Waals surface area (Å²) in [5, 5.41) is 15.1. The molecule has 0 aliphatic heterocycles. The minimum Gasteiger partial charge on any atom is -0.497 e. The van der Waals surface area contributed by atoms with Crippen LogP contribution in [-0.4, -0.2) is 35.7 Å². The Balaban J connectivity index is 1.38. The van der Waals surface area contributed by atoms with E-state index in [2.05, 4.69) is 20.8 Å². The molecule has 3 rings (SSSR count). The molecule has 7 nitrogen and oxygen atoms in total. The van der Waals surface area contributed by atoms with Crippen molar-refractivity contribution in [2.24, 2.45) is 5.92 Å². The van der Waals surface area contributed by atoms with Gasteiger partial charge in [0, 0.05) is 24.9 Å². The van der Waals surface area contributed by atoms with Gasteiger partial charge >= 0.3 is 0 Å². The molecular weight excluding hydrogens is 388 g/mol. The number of amides is 2. The zero-order chi connectivity index (χ0) is 20.5. The first-order valence-corrected chi connectivity index (χ1v) is 11.0. The SMILES string of the molecule is COc1cccc(C(=O)NCCc2nnc(NC(=O)CCC3CCCCC3)s2)c1. The van der Waals surface area contributed by atoms with Gasteiger partial charge < -0.3 is 15.4 Å². The molecule has 2 amide bonds. The molecule has 29 heavy (non-hydrogen) atoms. The van der Waals surface area contributed by atoms with Gasteiger partial charge in [0.05, 0.1) is 7.11 Å².